The van der Waals surface area contributed by atoms with Crippen molar-refractivity contribution in [1.29, 1.82) is 0 Å². The first-order chi connectivity index (χ1) is 10.1. The quantitative estimate of drug-likeness (QED) is 0.801. The fourth-order valence-corrected chi connectivity index (χ4v) is 1.98. The van der Waals surface area contributed by atoms with Gasteiger partial charge in [0.05, 0.1) is 5.69 Å². The number of carbonyl (C=O) groups is 1. The number of thiocarbonyl (C=S) groups is 1. The number of amides is 1. The lowest BCUT2D eigenvalue weighted by Gasteiger charge is -2.10. The Morgan fingerprint density at radius 1 is 1.33 bits per heavy atom. The number of rotatable bonds is 5. The maximum Gasteiger partial charge on any atom is 0.347 e. The maximum atomic E-state index is 11.9. The van der Waals surface area contributed by atoms with Gasteiger partial charge in [0.15, 0.2) is 0 Å². The summed E-state index contributed by atoms with van der Waals surface area (Å²) in [6.07, 6.45) is 3.15. The second-order valence-electron chi connectivity index (χ2n) is 4.30. The summed E-state index contributed by atoms with van der Waals surface area (Å²) in [5.41, 5.74) is 6.39. The van der Waals surface area contributed by atoms with Crippen LogP contribution in [0.1, 0.15) is 12.0 Å². The van der Waals surface area contributed by atoms with Crippen LogP contribution in [0.3, 0.4) is 0 Å². The molecule has 1 aromatic carbocycles. The van der Waals surface area contributed by atoms with E-state index in [2.05, 4.69) is 10.3 Å². The van der Waals surface area contributed by atoms with Crippen molar-refractivity contribution in [3.8, 4) is 0 Å². The predicted octanol–water partition coefficient (Wildman–Crippen LogP) is 0.906. The van der Waals surface area contributed by atoms with E-state index in [1.807, 2.05) is 0 Å². The van der Waals surface area contributed by atoms with E-state index in [0.29, 0.717) is 11.3 Å². The van der Waals surface area contributed by atoms with E-state index in [1.54, 1.807) is 36.5 Å². The Bertz CT molecular complexity index is 727. The van der Waals surface area contributed by atoms with Crippen LogP contribution >= 0.6 is 12.2 Å². The number of carbonyl (C=O) groups excluding carboxylic acids is 1. The number of para-hydroxylation sites is 1. The molecule has 108 valence electrons. The molecule has 3 N–H and O–H groups in total. The van der Waals surface area contributed by atoms with Crippen molar-refractivity contribution < 1.29 is 4.79 Å². The van der Waals surface area contributed by atoms with Crippen LogP contribution in [0.4, 0.5) is 5.69 Å². The molecule has 0 aliphatic carbocycles. The van der Waals surface area contributed by atoms with Gasteiger partial charge in [-0.1, -0.05) is 24.4 Å². The van der Waals surface area contributed by atoms with Gasteiger partial charge in [-0.15, -0.1) is 0 Å². The van der Waals surface area contributed by atoms with Crippen LogP contribution in [0.15, 0.2) is 47.5 Å². The van der Waals surface area contributed by atoms with Crippen LogP contribution in [-0.4, -0.2) is 20.4 Å². The molecule has 0 aliphatic rings. The SMILES string of the molecule is NC(=S)c1ccccc1NC(=O)CCn1cccnc1=O. The molecule has 21 heavy (non-hydrogen) atoms. The number of aryl methyl sites for hydroxylation is 1. The average molecular weight is 302 g/mol. The van der Waals surface area contributed by atoms with E-state index in [-0.39, 0.29) is 29.6 Å². The minimum absolute atomic E-state index is 0.150. The fraction of sp³-hybridized carbons (Fsp3) is 0.143. The highest BCUT2D eigenvalue weighted by Gasteiger charge is 2.08. The molecular formula is C14H14N4O2S. The molecule has 2 aromatic rings. The van der Waals surface area contributed by atoms with Crippen LogP contribution in [-0.2, 0) is 11.3 Å². The lowest BCUT2D eigenvalue weighted by Crippen LogP contribution is -2.24. The van der Waals surface area contributed by atoms with Gasteiger partial charge >= 0.3 is 5.69 Å². The molecule has 0 unspecified atom stereocenters. The Morgan fingerprint density at radius 2 is 2.10 bits per heavy atom. The molecule has 0 fully saturated rings. The van der Waals surface area contributed by atoms with Crippen molar-refractivity contribution in [2.45, 2.75) is 13.0 Å². The third kappa shape index (κ3) is 3.96. The lowest BCUT2D eigenvalue weighted by molar-refractivity contribution is -0.116. The Kier molecular flexibility index (Phi) is 4.78. The molecule has 6 nitrogen and oxygen atoms in total. The van der Waals surface area contributed by atoms with Crippen LogP contribution in [0.25, 0.3) is 0 Å². The Morgan fingerprint density at radius 3 is 2.81 bits per heavy atom. The van der Waals surface area contributed by atoms with E-state index in [4.69, 9.17) is 18.0 Å². The number of nitrogens with two attached hydrogens (primary N) is 1. The highest BCUT2D eigenvalue weighted by molar-refractivity contribution is 7.80. The molecule has 7 heteroatoms. The molecule has 0 saturated carbocycles. The summed E-state index contributed by atoms with van der Waals surface area (Å²) < 4.78 is 1.37. The van der Waals surface area contributed by atoms with Crippen LogP contribution in [0, 0.1) is 0 Å². The number of hydrogen-bond acceptors (Lipinski definition) is 4. The number of benzene rings is 1. The van der Waals surface area contributed by atoms with Crippen molar-refractivity contribution in [3.05, 3.63) is 58.8 Å². The topological polar surface area (TPSA) is 90.0 Å². The summed E-state index contributed by atoms with van der Waals surface area (Å²) in [7, 11) is 0. The number of hydrogen-bond donors (Lipinski definition) is 2. The molecule has 0 saturated heterocycles. The van der Waals surface area contributed by atoms with E-state index in [1.165, 1.54) is 10.8 Å². The second kappa shape index (κ2) is 6.76. The van der Waals surface area contributed by atoms with Gasteiger partial charge < -0.3 is 11.1 Å². The van der Waals surface area contributed by atoms with E-state index < -0.39 is 0 Å². The highest BCUT2D eigenvalue weighted by Crippen LogP contribution is 2.15. The van der Waals surface area contributed by atoms with Crippen molar-refractivity contribution in [2.75, 3.05) is 5.32 Å². The van der Waals surface area contributed by atoms with E-state index in [9.17, 15) is 9.59 Å². The third-order valence-corrected chi connectivity index (χ3v) is 3.05. The molecular weight excluding hydrogens is 288 g/mol. The Hall–Kier alpha value is -2.54. The van der Waals surface area contributed by atoms with E-state index in [0.717, 1.165) is 0 Å². The van der Waals surface area contributed by atoms with Gasteiger partial charge in [0.2, 0.25) is 5.91 Å². The smallest absolute Gasteiger partial charge is 0.347 e. The van der Waals surface area contributed by atoms with Crippen molar-refractivity contribution in [2.24, 2.45) is 5.73 Å². The molecule has 2 rings (SSSR count). The Labute approximate surface area is 126 Å². The largest absolute Gasteiger partial charge is 0.389 e. The summed E-state index contributed by atoms with van der Waals surface area (Å²) in [6.45, 7) is 0.258. The number of aromatic nitrogens is 2. The van der Waals surface area contributed by atoms with Gasteiger partial charge in [-0.2, -0.15) is 0 Å². The third-order valence-electron chi connectivity index (χ3n) is 2.83. The van der Waals surface area contributed by atoms with Crippen molar-refractivity contribution >= 4 is 28.8 Å². The van der Waals surface area contributed by atoms with Crippen LogP contribution < -0.4 is 16.7 Å². The Balaban J connectivity index is 2.01. The number of nitrogens with zero attached hydrogens (tertiary/aromatic N) is 2. The van der Waals surface area contributed by atoms with Crippen LogP contribution in [0.5, 0.6) is 0 Å². The zero-order chi connectivity index (χ0) is 15.2. The van der Waals surface area contributed by atoms with Crippen LogP contribution in [0.2, 0.25) is 0 Å². The van der Waals surface area contributed by atoms with Crippen molar-refractivity contribution in [1.82, 2.24) is 9.55 Å². The summed E-state index contributed by atoms with van der Waals surface area (Å²) in [6, 6.07) is 8.68. The standard InChI is InChI=1S/C14H14N4O2S/c15-13(21)10-4-1-2-5-11(10)17-12(19)6-9-18-8-3-7-16-14(18)20/h1-5,7-8H,6,9H2,(H2,15,21)(H,17,19). The molecule has 0 spiro atoms. The second-order valence-corrected chi connectivity index (χ2v) is 4.74. The molecule has 1 amide bonds. The average Bonchev–Trinajstić information content (AvgIpc) is 2.47. The van der Waals surface area contributed by atoms with Gasteiger partial charge in [-0.3, -0.25) is 9.36 Å². The van der Waals surface area contributed by atoms with Gasteiger partial charge in [0.1, 0.15) is 4.99 Å². The van der Waals surface area contributed by atoms with Gasteiger partial charge in [-0.05, 0) is 18.2 Å². The highest BCUT2D eigenvalue weighted by atomic mass is 32.1. The zero-order valence-corrected chi connectivity index (χ0v) is 12.0. The molecule has 1 heterocycles. The molecule has 0 aliphatic heterocycles. The predicted molar refractivity (Wildman–Crippen MR) is 84.1 cm³/mol. The summed E-state index contributed by atoms with van der Waals surface area (Å²) in [5, 5.41) is 2.74. The zero-order valence-electron chi connectivity index (χ0n) is 11.2. The van der Waals surface area contributed by atoms with Gasteiger partial charge in [0.25, 0.3) is 0 Å². The molecule has 1 aromatic heterocycles. The van der Waals surface area contributed by atoms with Gasteiger partial charge in [-0.25, -0.2) is 9.78 Å². The molecule has 0 atom stereocenters. The minimum Gasteiger partial charge on any atom is -0.389 e. The number of nitrogens with one attached hydrogen (secondary N) is 1. The summed E-state index contributed by atoms with van der Waals surface area (Å²) in [5.74, 6) is -0.227. The maximum absolute atomic E-state index is 11.9. The fourth-order valence-electron chi connectivity index (χ4n) is 1.80. The first-order valence-corrected chi connectivity index (χ1v) is 6.69. The summed E-state index contributed by atoms with van der Waals surface area (Å²) >= 11 is 4.93. The lowest BCUT2D eigenvalue weighted by atomic mass is 10.1. The van der Waals surface area contributed by atoms with E-state index >= 15 is 0 Å². The molecule has 0 bridgehead atoms. The van der Waals surface area contributed by atoms with Gasteiger partial charge in [0, 0.05) is 30.9 Å². The normalized spacial score (nSPS) is 10.1. The summed E-state index contributed by atoms with van der Waals surface area (Å²) in [4.78, 5) is 27.2. The first-order valence-electron chi connectivity index (χ1n) is 6.28. The first kappa shape index (κ1) is 14.9. The van der Waals surface area contributed by atoms with Crippen molar-refractivity contribution in [3.63, 3.8) is 0 Å². The number of anilines is 1. The monoisotopic (exact) mass is 302 g/mol. The molecule has 0 radical (unpaired) electrons. The minimum atomic E-state index is -0.381.